The molecule has 10 heteroatoms. The lowest BCUT2D eigenvalue weighted by Crippen LogP contribution is -2.35. The van der Waals surface area contributed by atoms with Crippen molar-refractivity contribution in [3.05, 3.63) is 34.2 Å². The van der Waals surface area contributed by atoms with E-state index in [-0.39, 0.29) is 17.0 Å². The molecular weight excluding hydrogens is 507 g/mol. The molecule has 2 aromatic heterocycles. The molecule has 0 radical (unpaired) electrons. The summed E-state index contributed by atoms with van der Waals surface area (Å²) in [5.74, 6) is 0.686. The highest BCUT2D eigenvalue weighted by Gasteiger charge is 2.36. The van der Waals surface area contributed by atoms with Gasteiger partial charge in [-0.05, 0) is 53.4 Å². The molecule has 0 spiro atoms. The summed E-state index contributed by atoms with van der Waals surface area (Å²) in [6.07, 6.45) is 7.80. The summed E-state index contributed by atoms with van der Waals surface area (Å²) in [6.45, 7) is 9.84. The Hall–Kier alpha value is -1.58. The number of nitrogens with one attached hydrogen (secondary N) is 1. The van der Waals surface area contributed by atoms with Gasteiger partial charge in [-0.15, -0.1) is 0 Å². The van der Waals surface area contributed by atoms with Crippen LogP contribution in [0, 0.1) is 0 Å². The second kappa shape index (κ2) is 9.71. The number of nitrogens with zero attached hydrogens (tertiary/aromatic N) is 3. The minimum absolute atomic E-state index is 0.0638. The molecule has 0 amide bonds. The third-order valence-electron chi connectivity index (χ3n) is 6.64. The third-order valence-corrected chi connectivity index (χ3v) is 9.03. The lowest BCUT2D eigenvalue weighted by molar-refractivity contribution is -0.0394. The first-order valence-electron chi connectivity index (χ1n) is 12.2. The van der Waals surface area contributed by atoms with Crippen LogP contribution in [-0.4, -0.2) is 36.5 Å². The highest BCUT2D eigenvalue weighted by molar-refractivity contribution is 7.84. The van der Waals surface area contributed by atoms with Gasteiger partial charge in [0.1, 0.15) is 12.0 Å². The average molecular weight is 540 g/mol. The molecule has 4 heterocycles. The van der Waals surface area contributed by atoms with Crippen LogP contribution in [0.5, 0.6) is 5.75 Å². The number of aromatic nitrogens is 3. The first kappa shape index (κ1) is 25.1. The summed E-state index contributed by atoms with van der Waals surface area (Å²) in [5.41, 5.74) is 3.82. The summed E-state index contributed by atoms with van der Waals surface area (Å²) in [6, 6.07) is 1.68. The Labute approximate surface area is 218 Å². The van der Waals surface area contributed by atoms with Gasteiger partial charge in [0, 0.05) is 42.2 Å². The zero-order chi connectivity index (χ0) is 24.9. The average Bonchev–Trinajstić information content (AvgIpc) is 3.53. The van der Waals surface area contributed by atoms with E-state index in [0.717, 1.165) is 66.6 Å². The topological polar surface area (TPSA) is 70.3 Å². The van der Waals surface area contributed by atoms with Gasteiger partial charge in [-0.2, -0.15) is 5.10 Å². The van der Waals surface area contributed by atoms with Crippen LogP contribution < -0.4 is 9.46 Å². The number of rotatable bonds is 6. The molecule has 3 atom stereocenters. The first-order valence-corrected chi connectivity index (χ1v) is 14.1. The van der Waals surface area contributed by atoms with E-state index in [1.54, 1.807) is 6.07 Å². The summed E-state index contributed by atoms with van der Waals surface area (Å²) in [4.78, 5) is 0. The van der Waals surface area contributed by atoms with Crippen LogP contribution in [0.15, 0.2) is 18.5 Å². The summed E-state index contributed by atoms with van der Waals surface area (Å²) in [7, 11) is -1.23. The molecule has 0 bridgehead atoms. The lowest BCUT2D eigenvalue weighted by Gasteiger charge is -2.23. The van der Waals surface area contributed by atoms with Gasteiger partial charge in [0.25, 0.3) is 0 Å². The maximum Gasteiger partial charge on any atom is 0.150 e. The van der Waals surface area contributed by atoms with Gasteiger partial charge < -0.3 is 14.0 Å². The van der Waals surface area contributed by atoms with E-state index in [4.69, 9.17) is 32.7 Å². The number of ether oxygens (including phenoxy) is 2. The molecule has 1 saturated heterocycles. The van der Waals surface area contributed by atoms with Crippen LogP contribution in [0.3, 0.4) is 0 Å². The SMILES string of the molecule is CCOc1cc(Cl)c(Cl)c2c1c(-c1cnn(C3CCCCO3)c1)c1n2CC[C@@H]1N[S@](=O)C(C)(C)C. The molecular formula is C25H32Cl2N4O3S. The molecule has 190 valence electrons. The van der Waals surface area contributed by atoms with Gasteiger partial charge in [-0.1, -0.05) is 23.2 Å². The Morgan fingerprint density at radius 1 is 1.29 bits per heavy atom. The van der Waals surface area contributed by atoms with Gasteiger partial charge in [-0.25, -0.2) is 13.6 Å². The highest BCUT2D eigenvalue weighted by Crippen LogP contribution is 2.50. The molecule has 1 N–H and O–H groups in total. The maximum atomic E-state index is 13.1. The van der Waals surface area contributed by atoms with Crippen LogP contribution in [0.4, 0.5) is 0 Å². The summed E-state index contributed by atoms with van der Waals surface area (Å²) >= 11 is 13.4. The standard InChI is InChI=1S/C25H32Cl2N4O3S/c1-5-33-18-12-16(26)22(27)24-21(18)20(15-13-28-31(14-15)19-8-6-7-11-34-19)23-17(9-10-30(23)24)29-35(32)25(2,3)4/h12-14,17,19,29H,5-11H2,1-4H3/t17-,19?,35+/m0/s1. The van der Waals surface area contributed by atoms with Crippen molar-refractivity contribution in [2.75, 3.05) is 13.2 Å². The van der Waals surface area contributed by atoms with Crippen molar-refractivity contribution in [3.63, 3.8) is 0 Å². The van der Waals surface area contributed by atoms with Crippen molar-refractivity contribution >= 4 is 45.1 Å². The van der Waals surface area contributed by atoms with Gasteiger partial charge >= 0.3 is 0 Å². The lowest BCUT2D eigenvalue weighted by atomic mass is 10.0. The Kier molecular flexibility index (Phi) is 6.96. The van der Waals surface area contributed by atoms with Crippen LogP contribution >= 0.6 is 23.2 Å². The van der Waals surface area contributed by atoms with E-state index in [2.05, 4.69) is 14.4 Å². The fraction of sp³-hybridized carbons (Fsp3) is 0.560. The predicted octanol–water partition coefficient (Wildman–Crippen LogP) is 6.41. The van der Waals surface area contributed by atoms with Crippen molar-refractivity contribution in [1.29, 1.82) is 0 Å². The second-order valence-corrected chi connectivity index (χ2v) is 12.9. The van der Waals surface area contributed by atoms with E-state index in [1.165, 1.54) is 0 Å². The van der Waals surface area contributed by atoms with Crippen molar-refractivity contribution in [2.24, 2.45) is 0 Å². The van der Waals surface area contributed by atoms with Crippen LogP contribution in [-0.2, 0) is 22.3 Å². The quantitative estimate of drug-likeness (QED) is 0.393. The molecule has 3 aromatic rings. The second-order valence-electron chi connectivity index (χ2n) is 10.1. The fourth-order valence-corrected chi connectivity index (χ4v) is 6.28. The van der Waals surface area contributed by atoms with E-state index in [0.29, 0.717) is 22.4 Å². The molecule has 0 saturated carbocycles. The zero-order valence-corrected chi connectivity index (χ0v) is 22.9. The number of aryl methyl sites for hydroxylation is 1. The molecule has 35 heavy (non-hydrogen) atoms. The maximum absolute atomic E-state index is 13.1. The van der Waals surface area contributed by atoms with Crippen molar-refractivity contribution in [3.8, 4) is 16.9 Å². The van der Waals surface area contributed by atoms with Crippen molar-refractivity contribution in [2.45, 2.75) is 76.9 Å². The molecule has 1 fully saturated rings. The number of hydrogen-bond donors (Lipinski definition) is 1. The van der Waals surface area contributed by atoms with Crippen molar-refractivity contribution < 1.29 is 13.7 Å². The predicted molar refractivity (Wildman–Crippen MR) is 142 cm³/mol. The Morgan fingerprint density at radius 3 is 2.77 bits per heavy atom. The van der Waals surface area contributed by atoms with Gasteiger partial charge in [0.15, 0.2) is 0 Å². The van der Waals surface area contributed by atoms with E-state index in [9.17, 15) is 4.21 Å². The molecule has 1 unspecified atom stereocenters. The van der Waals surface area contributed by atoms with E-state index < -0.39 is 11.0 Å². The summed E-state index contributed by atoms with van der Waals surface area (Å²) < 4.78 is 32.2. The summed E-state index contributed by atoms with van der Waals surface area (Å²) in [5, 5.41) is 6.53. The van der Waals surface area contributed by atoms with Gasteiger partial charge in [-0.3, -0.25) is 0 Å². The molecule has 1 aromatic carbocycles. The fourth-order valence-electron chi connectivity index (χ4n) is 5.00. The molecule has 2 aliphatic rings. The Balaban J connectivity index is 1.71. The molecule has 7 nitrogen and oxygen atoms in total. The minimum atomic E-state index is -1.23. The van der Waals surface area contributed by atoms with E-state index in [1.807, 2.05) is 44.8 Å². The van der Waals surface area contributed by atoms with Gasteiger partial charge in [0.2, 0.25) is 0 Å². The number of halogens is 2. The molecule has 0 aliphatic carbocycles. The molecule has 5 rings (SSSR count). The smallest absolute Gasteiger partial charge is 0.150 e. The number of benzene rings is 1. The normalized spacial score (nSPS) is 21.4. The van der Waals surface area contributed by atoms with Crippen LogP contribution in [0.2, 0.25) is 10.0 Å². The third kappa shape index (κ3) is 4.53. The highest BCUT2D eigenvalue weighted by atomic mass is 35.5. The monoisotopic (exact) mass is 538 g/mol. The zero-order valence-electron chi connectivity index (χ0n) is 20.6. The first-order chi connectivity index (χ1) is 16.7. The van der Waals surface area contributed by atoms with Gasteiger partial charge in [0.05, 0.1) is 55.5 Å². The van der Waals surface area contributed by atoms with Crippen LogP contribution in [0.25, 0.3) is 22.0 Å². The number of hydrogen-bond acceptors (Lipinski definition) is 4. The minimum Gasteiger partial charge on any atom is -0.493 e. The number of fused-ring (bicyclic) bond motifs is 3. The van der Waals surface area contributed by atoms with E-state index >= 15 is 0 Å². The van der Waals surface area contributed by atoms with Crippen LogP contribution in [0.1, 0.15) is 71.3 Å². The Bertz CT molecular complexity index is 1270. The Morgan fingerprint density at radius 2 is 2.09 bits per heavy atom. The largest absolute Gasteiger partial charge is 0.493 e. The molecule has 2 aliphatic heterocycles. The van der Waals surface area contributed by atoms with Crippen molar-refractivity contribution in [1.82, 2.24) is 19.1 Å².